The van der Waals surface area contributed by atoms with Gasteiger partial charge < -0.3 is 5.11 Å². The summed E-state index contributed by atoms with van der Waals surface area (Å²) in [6, 6.07) is 1.67. The number of pyridine rings is 1. The van der Waals surface area contributed by atoms with E-state index in [1.54, 1.807) is 0 Å². The van der Waals surface area contributed by atoms with Gasteiger partial charge in [-0.05, 0) is 6.42 Å². The molecule has 20 heavy (non-hydrogen) atoms. The lowest BCUT2D eigenvalue weighted by atomic mass is 10.1. The number of hydrogen-bond donors (Lipinski definition) is 1. The Morgan fingerprint density at radius 1 is 1.35 bits per heavy atom. The van der Waals surface area contributed by atoms with Gasteiger partial charge in [-0.3, -0.25) is 9.36 Å². The third-order valence-corrected chi connectivity index (χ3v) is 2.93. The van der Waals surface area contributed by atoms with Crippen molar-refractivity contribution in [2.24, 2.45) is 0 Å². The van der Waals surface area contributed by atoms with E-state index in [0.717, 1.165) is 23.8 Å². The summed E-state index contributed by atoms with van der Waals surface area (Å²) in [5.41, 5.74) is -3.26. The number of nitriles is 1. The Bertz CT molecular complexity index is 571. The molecule has 0 spiro atoms. The summed E-state index contributed by atoms with van der Waals surface area (Å²) in [5.74, 6) is -0.913. The molecule has 1 rings (SSSR count). The third-order valence-electron chi connectivity index (χ3n) is 2.93. The van der Waals surface area contributed by atoms with Crippen molar-refractivity contribution in [3.63, 3.8) is 0 Å². The van der Waals surface area contributed by atoms with Crippen molar-refractivity contribution in [3.05, 3.63) is 27.5 Å². The van der Waals surface area contributed by atoms with Crippen LogP contribution in [0.5, 0.6) is 5.88 Å². The highest BCUT2D eigenvalue weighted by Crippen LogP contribution is 2.34. The van der Waals surface area contributed by atoms with Crippen LogP contribution in [0.15, 0.2) is 10.9 Å². The number of alkyl halides is 3. The lowest BCUT2D eigenvalue weighted by Crippen LogP contribution is -2.24. The zero-order valence-corrected chi connectivity index (χ0v) is 11.0. The number of hydrogen-bond acceptors (Lipinski definition) is 3. The molecule has 0 saturated carbocycles. The Balaban J connectivity index is 3.17. The van der Waals surface area contributed by atoms with Gasteiger partial charge in [0.15, 0.2) is 0 Å². The Labute approximate surface area is 114 Å². The topological polar surface area (TPSA) is 66.0 Å². The fraction of sp³-hybridized carbons (Fsp3) is 0.538. The second-order valence-corrected chi connectivity index (χ2v) is 4.42. The first-order chi connectivity index (χ1) is 9.32. The predicted octanol–water partition coefficient (Wildman–Crippen LogP) is 3.02. The first kappa shape index (κ1) is 16.1. The third kappa shape index (κ3) is 3.53. The highest BCUT2D eigenvalue weighted by Gasteiger charge is 2.36. The van der Waals surface area contributed by atoms with Gasteiger partial charge in [-0.1, -0.05) is 26.2 Å². The van der Waals surface area contributed by atoms with Crippen molar-refractivity contribution >= 4 is 0 Å². The normalized spacial score (nSPS) is 11.3. The fourth-order valence-corrected chi connectivity index (χ4v) is 1.88. The Morgan fingerprint density at radius 3 is 2.50 bits per heavy atom. The maximum atomic E-state index is 12.7. The number of halogens is 3. The van der Waals surface area contributed by atoms with Crippen LogP contribution < -0.4 is 5.56 Å². The predicted molar refractivity (Wildman–Crippen MR) is 66.2 cm³/mol. The van der Waals surface area contributed by atoms with Crippen LogP contribution in [0.1, 0.15) is 43.7 Å². The van der Waals surface area contributed by atoms with E-state index in [2.05, 4.69) is 0 Å². The molecule has 0 amide bonds. The summed E-state index contributed by atoms with van der Waals surface area (Å²) in [6.45, 7) is 2.09. The van der Waals surface area contributed by atoms with E-state index in [0.29, 0.717) is 12.5 Å². The molecule has 1 aromatic rings. The zero-order chi connectivity index (χ0) is 15.3. The van der Waals surface area contributed by atoms with Gasteiger partial charge in [-0.15, -0.1) is 0 Å². The monoisotopic (exact) mass is 288 g/mol. The minimum absolute atomic E-state index is 0.0947. The van der Waals surface area contributed by atoms with Crippen molar-refractivity contribution in [1.82, 2.24) is 4.57 Å². The van der Waals surface area contributed by atoms with Crippen molar-refractivity contribution < 1.29 is 18.3 Å². The average Bonchev–Trinajstić information content (AvgIpc) is 2.36. The molecule has 0 aliphatic rings. The highest BCUT2D eigenvalue weighted by atomic mass is 19.4. The molecule has 1 N–H and O–H groups in total. The SMILES string of the molecule is CCCCCCn1c(O)c(C#N)c(C(F)(F)F)cc1=O. The molecule has 110 valence electrons. The minimum Gasteiger partial charge on any atom is -0.493 e. The van der Waals surface area contributed by atoms with Crippen LogP contribution in [0, 0.1) is 11.3 Å². The van der Waals surface area contributed by atoms with Crippen LogP contribution in [0.4, 0.5) is 13.2 Å². The van der Waals surface area contributed by atoms with Crippen LogP contribution >= 0.6 is 0 Å². The molecule has 0 unspecified atom stereocenters. The van der Waals surface area contributed by atoms with Gasteiger partial charge in [0.2, 0.25) is 5.88 Å². The number of aromatic hydroxyl groups is 1. The second-order valence-electron chi connectivity index (χ2n) is 4.42. The first-order valence-corrected chi connectivity index (χ1v) is 6.27. The standard InChI is InChI=1S/C13H15F3N2O2/c1-2-3-4-5-6-18-11(19)7-10(13(14,15)16)9(8-17)12(18)20/h7,20H,2-6H2,1H3. The summed E-state index contributed by atoms with van der Waals surface area (Å²) in [4.78, 5) is 11.6. The molecule has 0 saturated heterocycles. The van der Waals surface area contributed by atoms with Crippen molar-refractivity contribution in [2.45, 2.75) is 45.3 Å². The van der Waals surface area contributed by atoms with E-state index in [1.807, 2.05) is 6.92 Å². The Hall–Kier alpha value is -1.97. The average molecular weight is 288 g/mol. The van der Waals surface area contributed by atoms with E-state index in [9.17, 15) is 23.1 Å². The lowest BCUT2D eigenvalue weighted by molar-refractivity contribution is -0.138. The molecular weight excluding hydrogens is 273 g/mol. The van der Waals surface area contributed by atoms with Crippen LogP contribution in [-0.4, -0.2) is 9.67 Å². The van der Waals surface area contributed by atoms with Crippen LogP contribution in [0.3, 0.4) is 0 Å². The Kier molecular flexibility index (Phi) is 5.19. The smallest absolute Gasteiger partial charge is 0.418 e. The minimum atomic E-state index is -4.84. The van der Waals surface area contributed by atoms with E-state index >= 15 is 0 Å². The van der Waals surface area contributed by atoms with Crippen molar-refractivity contribution in [1.29, 1.82) is 5.26 Å². The number of rotatable bonds is 5. The van der Waals surface area contributed by atoms with Gasteiger partial charge in [-0.2, -0.15) is 18.4 Å². The molecule has 7 heteroatoms. The molecule has 0 aliphatic carbocycles. The van der Waals surface area contributed by atoms with Gasteiger partial charge in [0, 0.05) is 12.6 Å². The molecule has 4 nitrogen and oxygen atoms in total. The van der Waals surface area contributed by atoms with Crippen LogP contribution in [-0.2, 0) is 12.7 Å². The first-order valence-electron chi connectivity index (χ1n) is 6.27. The lowest BCUT2D eigenvalue weighted by Gasteiger charge is -2.14. The molecule has 0 aliphatic heterocycles. The number of aromatic nitrogens is 1. The van der Waals surface area contributed by atoms with Crippen molar-refractivity contribution in [3.8, 4) is 11.9 Å². The number of unbranched alkanes of at least 4 members (excludes halogenated alkanes) is 3. The molecule has 1 aromatic heterocycles. The van der Waals surface area contributed by atoms with Gasteiger partial charge >= 0.3 is 6.18 Å². The second kappa shape index (κ2) is 6.46. The molecular formula is C13H15F3N2O2. The van der Waals surface area contributed by atoms with E-state index in [-0.39, 0.29) is 6.54 Å². The molecule has 0 radical (unpaired) electrons. The summed E-state index contributed by atoms with van der Waals surface area (Å²) in [5, 5.41) is 18.5. The summed E-state index contributed by atoms with van der Waals surface area (Å²) < 4.78 is 38.8. The summed E-state index contributed by atoms with van der Waals surface area (Å²) >= 11 is 0. The molecule has 0 atom stereocenters. The summed E-state index contributed by atoms with van der Waals surface area (Å²) in [6.07, 6.45) is -1.59. The zero-order valence-electron chi connectivity index (χ0n) is 11.0. The molecule has 0 fully saturated rings. The van der Waals surface area contributed by atoms with Gasteiger partial charge in [0.05, 0.1) is 5.56 Å². The maximum Gasteiger partial charge on any atom is 0.418 e. The van der Waals surface area contributed by atoms with E-state index in [1.165, 1.54) is 6.07 Å². The molecule has 0 aromatic carbocycles. The van der Waals surface area contributed by atoms with Gasteiger partial charge in [0.1, 0.15) is 11.6 Å². The van der Waals surface area contributed by atoms with Gasteiger partial charge in [-0.25, -0.2) is 0 Å². The highest BCUT2D eigenvalue weighted by molar-refractivity contribution is 5.46. The van der Waals surface area contributed by atoms with E-state index in [4.69, 9.17) is 5.26 Å². The quantitative estimate of drug-likeness (QED) is 0.847. The maximum absolute atomic E-state index is 12.7. The van der Waals surface area contributed by atoms with Crippen LogP contribution in [0.2, 0.25) is 0 Å². The molecule has 0 bridgehead atoms. The largest absolute Gasteiger partial charge is 0.493 e. The van der Waals surface area contributed by atoms with Crippen LogP contribution in [0.25, 0.3) is 0 Å². The fourth-order valence-electron chi connectivity index (χ4n) is 1.88. The van der Waals surface area contributed by atoms with Crippen molar-refractivity contribution in [2.75, 3.05) is 0 Å². The molecule has 1 heterocycles. The Morgan fingerprint density at radius 2 is 2.00 bits per heavy atom. The number of nitrogens with zero attached hydrogens (tertiary/aromatic N) is 2. The van der Waals surface area contributed by atoms with Gasteiger partial charge in [0.25, 0.3) is 5.56 Å². The van der Waals surface area contributed by atoms with E-state index < -0.39 is 28.7 Å². The summed E-state index contributed by atoms with van der Waals surface area (Å²) in [7, 11) is 0.